The number of rotatable bonds is 9. The fourth-order valence-corrected chi connectivity index (χ4v) is 2.23. The van der Waals surface area contributed by atoms with E-state index < -0.39 is 12.1 Å². The van der Waals surface area contributed by atoms with Crippen LogP contribution in [0.4, 0.5) is 0 Å². The molecule has 1 aromatic rings. The van der Waals surface area contributed by atoms with Crippen LogP contribution >= 0.6 is 0 Å². The third-order valence-corrected chi connectivity index (χ3v) is 3.38. The van der Waals surface area contributed by atoms with Crippen molar-refractivity contribution in [2.75, 3.05) is 0 Å². The maximum Gasteiger partial charge on any atom is 0.339 e. The molecule has 0 radical (unpaired) electrons. The highest BCUT2D eigenvalue weighted by atomic mass is 16.6. The minimum Gasteiger partial charge on any atom is -0.460 e. The summed E-state index contributed by atoms with van der Waals surface area (Å²) >= 11 is 0. The van der Waals surface area contributed by atoms with Crippen molar-refractivity contribution in [1.29, 1.82) is 0 Å². The van der Waals surface area contributed by atoms with Crippen LogP contribution in [0.15, 0.2) is 30.3 Å². The number of benzene rings is 1. The first-order valence-electron chi connectivity index (χ1n) is 7.66. The highest BCUT2D eigenvalue weighted by molar-refractivity contribution is 5.76. The molecule has 0 fully saturated rings. The van der Waals surface area contributed by atoms with Gasteiger partial charge in [-0.05, 0) is 38.2 Å². The lowest BCUT2D eigenvalue weighted by atomic mass is 10.1. The Labute approximate surface area is 126 Å². The van der Waals surface area contributed by atoms with Crippen LogP contribution in [-0.2, 0) is 9.53 Å². The number of esters is 1. The van der Waals surface area contributed by atoms with Gasteiger partial charge in [-0.3, -0.25) is 0 Å². The van der Waals surface area contributed by atoms with Crippen molar-refractivity contribution in [3.8, 4) is 0 Å². The summed E-state index contributed by atoms with van der Waals surface area (Å²) in [6.07, 6.45) is 2.13. The molecule has 3 atom stereocenters. The minimum absolute atomic E-state index is 0.195. The molecule has 21 heavy (non-hydrogen) atoms. The van der Waals surface area contributed by atoms with Crippen molar-refractivity contribution < 1.29 is 19.7 Å². The van der Waals surface area contributed by atoms with E-state index in [0.717, 1.165) is 19.3 Å². The van der Waals surface area contributed by atoms with Gasteiger partial charge in [0.2, 0.25) is 0 Å². The monoisotopic (exact) mass is 294 g/mol. The Kier molecular flexibility index (Phi) is 8.01. The molecule has 1 rings (SSSR count). The van der Waals surface area contributed by atoms with Gasteiger partial charge < -0.3 is 14.9 Å². The highest BCUT2D eigenvalue weighted by Crippen LogP contribution is 2.18. The van der Waals surface area contributed by atoms with Crippen LogP contribution in [0.2, 0.25) is 0 Å². The summed E-state index contributed by atoms with van der Waals surface area (Å²) in [6.45, 7) is 3.78. The first-order chi connectivity index (χ1) is 10.0. The molecule has 0 spiro atoms. The average Bonchev–Trinajstić information content (AvgIpc) is 2.47. The number of aliphatic hydroxyl groups excluding tert-OH is 2. The van der Waals surface area contributed by atoms with E-state index in [9.17, 15) is 15.0 Å². The van der Waals surface area contributed by atoms with Crippen molar-refractivity contribution in [3.05, 3.63) is 35.9 Å². The molecule has 0 aliphatic carbocycles. The van der Waals surface area contributed by atoms with Gasteiger partial charge in [0.1, 0.15) is 6.10 Å². The van der Waals surface area contributed by atoms with Gasteiger partial charge in [-0.15, -0.1) is 0 Å². The quantitative estimate of drug-likeness (QED) is 0.687. The third-order valence-electron chi connectivity index (χ3n) is 3.38. The topological polar surface area (TPSA) is 66.8 Å². The molecule has 1 aromatic carbocycles. The fourth-order valence-electron chi connectivity index (χ4n) is 2.23. The molecule has 0 aliphatic heterocycles. The number of aliphatic hydroxyl groups is 2. The zero-order valence-electron chi connectivity index (χ0n) is 12.9. The van der Waals surface area contributed by atoms with E-state index in [0.29, 0.717) is 18.4 Å². The zero-order chi connectivity index (χ0) is 15.7. The van der Waals surface area contributed by atoms with Crippen LogP contribution in [0.25, 0.3) is 0 Å². The second kappa shape index (κ2) is 9.53. The van der Waals surface area contributed by atoms with Gasteiger partial charge in [0.15, 0.2) is 6.10 Å². The van der Waals surface area contributed by atoms with Crippen LogP contribution in [0.1, 0.15) is 57.6 Å². The molecule has 0 saturated heterocycles. The molecule has 0 saturated carbocycles. The molecule has 0 aromatic heterocycles. The summed E-state index contributed by atoms with van der Waals surface area (Å²) < 4.78 is 5.42. The highest BCUT2D eigenvalue weighted by Gasteiger charge is 2.22. The standard InChI is InChI=1S/C17H26O4/c1-3-8-15(12-7-9-13(2)18)21-17(20)16(19)14-10-5-4-6-11-14/h4-6,10-11,13,15-16,18-19H,3,7-9,12H2,1-2H3/t13?,15?,16-/m1/s1. The molecule has 2 N–H and O–H groups in total. The van der Waals surface area contributed by atoms with E-state index in [4.69, 9.17) is 4.74 Å². The molecule has 118 valence electrons. The first kappa shape index (κ1) is 17.7. The Morgan fingerprint density at radius 2 is 1.81 bits per heavy atom. The SMILES string of the molecule is CCCC(CCCC(C)O)OC(=O)[C@H](O)c1ccccc1. The molecule has 4 heteroatoms. The van der Waals surface area contributed by atoms with Crippen molar-refractivity contribution >= 4 is 5.97 Å². The van der Waals surface area contributed by atoms with Crippen LogP contribution in [0.3, 0.4) is 0 Å². The fraction of sp³-hybridized carbons (Fsp3) is 0.588. The van der Waals surface area contributed by atoms with E-state index in [-0.39, 0.29) is 12.2 Å². The van der Waals surface area contributed by atoms with Crippen LogP contribution < -0.4 is 0 Å². The number of carbonyl (C=O) groups is 1. The average molecular weight is 294 g/mol. The van der Waals surface area contributed by atoms with Crippen molar-refractivity contribution in [2.45, 2.75) is 64.3 Å². The largest absolute Gasteiger partial charge is 0.460 e. The Morgan fingerprint density at radius 3 is 2.38 bits per heavy atom. The third kappa shape index (κ3) is 6.74. The van der Waals surface area contributed by atoms with E-state index in [1.54, 1.807) is 31.2 Å². The van der Waals surface area contributed by atoms with Crippen molar-refractivity contribution in [2.24, 2.45) is 0 Å². The number of ether oxygens (including phenoxy) is 1. The molecule has 0 bridgehead atoms. The summed E-state index contributed by atoms with van der Waals surface area (Å²) in [5.74, 6) is -0.600. The van der Waals surface area contributed by atoms with Crippen LogP contribution in [0, 0.1) is 0 Å². The second-order valence-corrected chi connectivity index (χ2v) is 5.44. The van der Waals surface area contributed by atoms with E-state index in [1.165, 1.54) is 0 Å². The van der Waals surface area contributed by atoms with Gasteiger partial charge >= 0.3 is 5.97 Å². The molecule has 0 aliphatic rings. The number of hydrogen-bond acceptors (Lipinski definition) is 4. The number of hydrogen-bond donors (Lipinski definition) is 2. The minimum atomic E-state index is -1.23. The summed E-state index contributed by atoms with van der Waals surface area (Å²) in [5, 5.41) is 19.3. The van der Waals surface area contributed by atoms with Crippen molar-refractivity contribution in [3.63, 3.8) is 0 Å². The molecule has 2 unspecified atom stereocenters. The Balaban J connectivity index is 2.51. The Bertz CT molecular complexity index is 403. The molecule has 0 amide bonds. The Hall–Kier alpha value is -1.39. The summed E-state index contributed by atoms with van der Waals surface area (Å²) in [6, 6.07) is 8.79. The first-order valence-corrected chi connectivity index (χ1v) is 7.66. The summed E-state index contributed by atoms with van der Waals surface area (Å²) in [7, 11) is 0. The zero-order valence-corrected chi connectivity index (χ0v) is 12.9. The summed E-state index contributed by atoms with van der Waals surface area (Å²) in [4.78, 5) is 12.0. The lowest BCUT2D eigenvalue weighted by Gasteiger charge is -2.20. The predicted molar refractivity (Wildman–Crippen MR) is 81.7 cm³/mol. The molecule has 4 nitrogen and oxygen atoms in total. The van der Waals surface area contributed by atoms with Gasteiger partial charge in [-0.25, -0.2) is 4.79 Å². The van der Waals surface area contributed by atoms with E-state index in [2.05, 4.69) is 0 Å². The maximum atomic E-state index is 12.0. The van der Waals surface area contributed by atoms with Gasteiger partial charge in [-0.2, -0.15) is 0 Å². The van der Waals surface area contributed by atoms with Gasteiger partial charge in [0.25, 0.3) is 0 Å². The van der Waals surface area contributed by atoms with Gasteiger partial charge in [0, 0.05) is 0 Å². The normalized spacial score (nSPS) is 15.2. The van der Waals surface area contributed by atoms with Gasteiger partial charge in [-0.1, -0.05) is 43.7 Å². The maximum absolute atomic E-state index is 12.0. The van der Waals surface area contributed by atoms with Crippen molar-refractivity contribution in [1.82, 2.24) is 0 Å². The predicted octanol–water partition coefficient (Wildman–Crippen LogP) is 2.98. The summed E-state index contributed by atoms with van der Waals surface area (Å²) in [5.41, 5.74) is 0.543. The van der Waals surface area contributed by atoms with E-state index in [1.807, 2.05) is 13.0 Å². The van der Waals surface area contributed by atoms with Gasteiger partial charge in [0.05, 0.1) is 6.10 Å². The van der Waals surface area contributed by atoms with Crippen LogP contribution in [0.5, 0.6) is 0 Å². The van der Waals surface area contributed by atoms with E-state index >= 15 is 0 Å². The Morgan fingerprint density at radius 1 is 1.14 bits per heavy atom. The lowest BCUT2D eigenvalue weighted by molar-refractivity contribution is -0.160. The smallest absolute Gasteiger partial charge is 0.339 e. The molecular weight excluding hydrogens is 268 g/mol. The second-order valence-electron chi connectivity index (χ2n) is 5.44. The van der Waals surface area contributed by atoms with Crippen LogP contribution in [-0.4, -0.2) is 28.4 Å². The lowest BCUT2D eigenvalue weighted by Crippen LogP contribution is -2.23. The molecule has 0 heterocycles. The number of carbonyl (C=O) groups excluding carboxylic acids is 1. The molecular formula is C17H26O4.